The van der Waals surface area contributed by atoms with E-state index >= 15 is 0 Å². The summed E-state index contributed by atoms with van der Waals surface area (Å²) in [6.07, 6.45) is 0. The SMILES string of the molecule is CCOC[C@@H]1CN(C(=O)[C@@H](C)N)C[C@@H]1C. The zero-order chi connectivity index (χ0) is 11.4. The molecular weight excluding hydrogens is 192 g/mol. The number of hydrogen-bond donors (Lipinski definition) is 1. The van der Waals surface area contributed by atoms with E-state index in [0.29, 0.717) is 11.8 Å². The van der Waals surface area contributed by atoms with Crippen molar-refractivity contribution in [3.8, 4) is 0 Å². The molecule has 0 unspecified atom stereocenters. The summed E-state index contributed by atoms with van der Waals surface area (Å²) in [5.41, 5.74) is 5.58. The van der Waals surface area contributed by atoms with Crippen LogP contribution >= 0.6 is 0 Å². The Morgan fingerprint density at radius 3 is 2.80 bits per heavy atom. The molecule has 0 aromatic carbocycles. The van der Waals surface area contributed by atoms with E-state index in [1.165, 1.54) is 0 Å². The van der Waals surface area contributed by atoms with Gasteiger partial charge in [0.25, 0.3) is 0 Å². The van der Waals surface area contributed by atoms with Crippen molar-refractivity contribution >= 4 is 5.91 Å². The van der Waals surface area contributed by atoms with Crippen LogP contribution in [0.5, 0.6) is 0 Å². The highest BCUT2D eigenvalue weighted by Crippen LogP contribution is 2.23. The lowest BCUT2D eigenvalue weighted by Gasteiger charge is -2.18. The molecule has 1 rings (SSSR count). The van der Waals surface area contributed by atoms with Crippen molar-refractivity contribution in [1.29, 1.82) is 0 Å². The molecule has 1 amide bonds. The van der Waals surface area contributed by atoms with Crippen LogP contribution in [0.15, 0.2) is 0 Å². The normalized spacial score (nSPS) is 28.1. The van der Waals surface area contributed by atoms with E-state index in [9.17, 15) is 4.79 Å². The Balaban J connectivity index is 2.44. The van der Waals surface area contributed by atoms with Gasteiger partial charge in [0.2, 0.25) is 5.91 Å². The van der Waals surface area contributed by atoms with Crippen LogP contribution in [-0.4, -0.2) is 43.2 Å². The molecule has 4 nitrogen and oxygen atoms in total. The maximum absolute atomic E-state index is 11.7. The van der Waals surface area contributed by atoms with Crippen LogP contribution in [0.3, 0.4) is 0 Å². The van der Waals surface area contributed by atoms with E-state index in [4.69, 9.17) is 10.5 Å². The molecule has 0 saturated carbocycles. The van der Waals surface area contributed by atoms with Gasteiger partial charge in [-0.15, -0.1) is 0 Å². The van der Waals surface area contributed by atoms with Gasteiger partial charge in [0.1, 0.15) is 0 Å². The maximum atomic E-state index is 11.7. The molecule has 0 spiro atoms. The van der Waals surface area contributed by atoms with Crippen LogP contribution in [-0.2, 0) is 9.53 Å². The summed E-state index contributed by atoms with van der Waals surface area (Å²) in [6.45, 7) is 9.00. The molecule has 1 aliphatic heterocycles. The molecule has 1 saturated heterocycles. The third-order valence-electron chi connectivity index (χ3n) is 3.01. The smallest absolute Gasteiger partial charge is 0.239 e. The van der Waals surface area contributed by atoms with Gasteiger partial charge < -0.3 is 15.4 Å². The lowest BCUT2D eigenvalue weighted by Crippen LogP contribution is -2.41. The molecule has 2 N–H and O–H groups in total. The van der Waals surface area contributed by atoms with Crippen LogP contribution in [0.1, 0.15) is 20.8 Å². The van der Waals surface area contributed by atoms with Crippen molar-refractivity contribution in [3.63, 3.8) is 0 Å². The van der Waals surface area contributed by atoms with Gasteiger partial charge in [-0.25, -0.2) is 0 Å². The lowest BCUT2D eigenvalue weighted by molar-refractivity contribution is -0.131. The molecule has 0 radical (unpaired) electrons. The molecule has 1 aliphatic rings. The summed E-state index contributed by atoms with van der Waals surface area (Å²) in [6, 6.07) is -0.386. The fourth-order valence-corrected chi connectivity index (χ4v) is 1.99. The van der Waals surface area contributed by atoms with Gasteiger partial charge in [-0.1, -0.05) is 6.92 Å². The molecule has 1 fully saturated rings. The van der Waals surface area contributed by atoms with E-state index in [2.05, 4.69) is 6.92 Å². The largest absolute Gasteiger partial charge is 0.381 e. The van der Waals surface area contributed by atoms with Crippen LogP contribution < -0.4 is 5.73 Å². The average Bonchev–Trinajstić information content (AvgIpc) is 2.55. The molecule has 15 heavy (non-hydrogen) atoms. The van der Waals surface area contributed by atoms with Gasteiger partial charge in [-0.3, -0.25) is 4.79 Å². The van der Waals surface area contributed by atoms with E-state index in [1.54, 1.807) is 6.92 Å². The Hall–Kier alpha value is -0.610. The third-order valence-corrected chi connectivity index (χ3v) is 3.01. The Labute approximate surface area is 91.8 Å². The van der Waals surface area contributed by atoms with Crippen LogP contribution in [0, 0.1) is 11.8 Å². The maximum Gasteiger partial charge on any atom is 0.239 e. The second-order valence-corrected chi connectivity index (χ2v) is 4.43. The predicted molar refractivity (Wildman–Crippen MR) is 59.4 cm³/mol. The molecule has 3 atom stereocenters. The number of rotatable bonds is 4. The van der Waals surface area contributed by atoms with Crippen molar-refractivity contribution in [2.75, 3.05) is 26.3 Å². The predicted octanol–water partition coefficient (Wildman–Crippen LogP) is 0.465. The van der Waals surface area contributed by atoms with Crippen molar-refractivity contribution in [2.24, 2.45) is 17.6 Å². The standard InChI is InChI=1S/C11H22N2O2/c1-4-15-7-10-6-13(5-8(10)2)11(14)9(3)12/h8-10H,4-7,12H2,1-3H3/t8-,9+,10-/m0/s1. The quantitative estimate of drug-likeness (QED) is 0.740. The number of nitrogens with zero attached hydrogens (tertiary/aromatic N) is 1. The highest BCUT2D eigenvalue weighted by Gasteiger charge is 2.33. The second-order valence-electron chi connectivity index (χ2n) is 4.43. The summed E-state index contributed by atoms with van der Waals surface area (Å²) in [7, 11) is 0. The van der Waals surface area contributed by atoms with Crippen molar-refractivity contribution in [3.05, 3.63) is 0 Å². The van der Waals surface area contributed by atoms with Gasteiger partial charge in [0, 0.05) is 25.6 Å². The second kappa shape index (κ2) is 5.47. The highest BCUT2D eigenvalue weighted by molar-refractivity contribution is 5.81. The van der Waals surface area contributed by atoms with Crippen molar-refractivity contribution < 1.29 is 9.53 Å². The molecule has 1 heterocycles. The number of likely N-dealkylation sites (tertiary alicyclic amines) is 1. The van der Waals surface area contributed by atoms with Crippen molar-refractivity contribution in [1.82, 2.24) is 4.90 Å². The number of carbonyl (C=O) groups excluding carboxylic acids is 1. The molecular formula is C11H22N2O2. The van der Waals surface area contributed by atoms with Crippen LogP contribution in [0.2, 0.25) is 0 Å². The van der Waals surface area contributed by atoms with Gasteiger partial charge in [-0.05, 0) is 19.8 Å². The van der Waals surface area contributed by atoms with Gasteiger partial charge in [0.15, 0.2) is 0 Å². The molecule has 0 aliphatic carbocycles. The van der Waals surface area contributed by atoms with E-state index in [1.807, 2.05) is 11.8 Å². The minimum atomic E-state index is -0.386. The summed E-state index contributed by atoms with van der Waals surface area (Å²) in [5.74, 6) is 1.03. The zero-order valence-electron chi connectivity index (χ0n) is 9.90. The highest BCUT2D eigenvalue weighted by atomic mass is 16.5. The Morgan fingerprint density at radius 2 is 2.27 bits per heavy atom. The van der Waals surface area contributed by atoms with E-state index in [-0.39, 0.29) is 11.9 Å². The molecule has 88 valence electrons. The number of ether oxygens (including phenoxy) is 1. The summed E-state index contributed by atoms with van der Waals surface area (Å²) >= 11 is 0. The zero-order valence-corrected chi connectivity index (χ0v) is 9.90. The number of amides is 1. The first-order valence-electron chi connectivity index (χ1n) is 5.68. The summed E-state index contributed by atoms with van der Waals surface area (Å²) < 4.78 is 5.41. The van der Waals surface area contributed by atoms with Gasteiger partial charge in [0.05, 0.1) is 12.6 Å². The Kier molecular flexibility index (Phi) is 4.54. The lowest BCUT2D eigenvalue weighted by atomic mass is 9.99. The van der Waals surface area contributed by atoms with E-state index < -0.39 is 0 Å². The monoisotopic (exact) mass is 214 g/mol. The third kappa shape index (κ3) is 3.18. The number of carbonyl (C=O) groups is 1. The fraction of sp³-hybridized carbons (Fsp3) is 0.909. The molecule has 0 aromatic heterocycles. The molecule has 4 heteroatoms. The van der Waals surface area contributed by atoms with Gasteiger partial charge in [-0.2, -0.15) is 0 Å². The minimum absolute atomic E-state index is 0.0563. The first-order chi connectivity index (χ1) is 7.06. The number of hydrogen-bond acceptors (Lipinski definition) is 3. The summed E-state index contributed by atoms with van der Waals surface area (Å²) in [4.78, 5) is 13.5. The Bertz CT molecular complexity index is 219. The topological polar surface area (TPSA) is 55.6 Å². The van der Waals surface area contributed by atoms with E-state index in [0.717, 1.165) is 26.3 Å². The Morgan fingerprint density at radius 1 is 1.60 bits per heavy atom. The van der Waals surface area contributed by atoms with Crippen LogP contribution in [0.4, 0.5) is 0 Å². The first kappa shape index (κ1) is 12.5. The fourth-order valence-electron chi connectivity index (χ4n) is 1.99. The molecule has 0 aromatic rings. The van der Waals surface area contributed by atoms with Crippen molar-refractivity contribution in [2.45, 2.75) is 26.8 Å². The number of nitrogens with two attached hydrogens (primary N) is 1. The average molecular weight is 214 g/mol. The first-order valence-corrected chi connectivity index (χ1v) is 5.68. The van der Waals surface area contributed by atoms with Gasteiger partial charge >= 0.3 is 0 Å². The summed E-state index contributed by atoms with van der Waals surface area (Å²) in [5, 5.41) is 0. The van der Waals surface area contributed by atoms with Crippen LogP contribution in [0.25, 0.3) is 0 Å². The minimum Gasteiger partial charge on any atom is -0.381 e. The molecule has 0 bridgehead atoms.